The Hall–Kier alpha value is -1.59. The molecular formula is C10H15N3O3. The summed E-state index contributed by atoms with van der Waals surface area (Å²) in [4.78, 5) is 37.2. The lowest BCUT2D eigenvalue weighted by molar-refractivity contribution is -0.144. The first-order valence-electron chi connectivity index (χ1n) is 5.39. The largest absolute Gasteiger partial charge is 0.338 e. The molecule has 0 atom stereocenters. The van der Waals surface area contributed by atoms with Gasteiger partial charge in [-0.05, 0) is 0 Å². The third-order valence-corrected chi connectivity index (χ3v) is 2.91. The van der Waals surface area contributed by atoms with Crippen molar-refractivity contribution >= 4 is 17.8 Å². The fraction of sp³-hybridized carbons (Fsp3) is 0.700. The van der Waals surface area contributed by atoms with Gasteiger partial charge in [-0.15, -0.1) is 0 Å². The van der Waals surface area contributed by atoms with Gasteiger partial charge in [-0.3, -0.25) is 14.5 Å². The van der Waals surface area contributed by atoms with Gasteiger partial charge in [0.05, 0.1) is 12.6 Å². The maximum absolute atomic E-state index is 11.6. The quantitative estimate of drug-likeness (QED) is 0.638. The normalized spacial score (nSPS) is 21.4. The van der Waals surface area contributed by atoms with E-state index in [-0.39, 0.29) is 36.3 Å². The highest BCUT2D eigenvalue weighted by molar-refractivity contribution is 6.02. The smallest absolute Gasteiger partial charge is 0.324 e. The van der Waals surface area contributed by atoms with Gasteiger partial charge in [0.2, 0.25) is 11.8 Å². The van der Waals surface area contributed by atoms with Gasteiger partial charge in [0.25, 0.3) is 0 Å². The van der Waals surface area contributed by atoms with Crippen LogP contribution in [0.5, 0.6) is 0 Å². The Morgan fingerprint density at radius 1 is 1.38 bits per heavy atom. The number of hydrogen-bond donors (Lipinski definition) is 1. The summed E-state index contributed by atoms with van der Waals surface area (Å²) in [6.07, 6.45) is 0. The Labute approximate surface area is 93.6 Å². The number of carbonyl (C=O) groups excluding carboxylic acids is 3. The number of nitrogens with zero attached hydrogens (tertiary/aromatic N) is 2. The number of nitrogens with one attached hydrogen (secondary N) is 1. The van der Waals surface area contributed by atoms with Crippen molar-refractivity contribution in [3.8, 4) is 0 Å². The van der Waals surface area contributed by atoms with Crippen molar-refractivity contribution in [1.82, 2.24) is 15.1 Å². The predicted molar refractivity (Wildman–Crippen MR) is 55.5 cm³/mol. The molecule has 0 saturated carbocycles. The number of imide groups is 1. The molecule has 16 heavy (non-hydrogen) atoms. The summed E-state index contributed by atoms with van der Waals surface area (Å²) in [7, 11) is 0. The first-order valence-corrected chi connectivity index (χ1v) is 5.39. The highest BCUT2D eigenvalue weighted by Crippen LogP contribution is 2.19. The first kappa shape index (κ1) is 10.9. The minimum absolute atomic E-state index is 0.0379. The van der Waals surface area contributed by atoms with Gasteiger partial charge in [0.1, 0.15) is 0 Å². The maximum Gasteiger partial charge on any atom is 0.324 e. The zero-order chi connectivity index (χ0) is 11.9. The number of amides is 4. The van der Waals surface area contributed by atoms with E-state index in [0.717, 1.165) is 0 Å². The van der Waals surface area contributed by atoms with E-state index in [4.69, 9.17) is 0 Å². The van der Waals surface area contributed by atoms with E-state index in [1.54, 1.807) is 4.90 Å². The molecule has 0 spiro atoms. The molecule has 0 aromatic heterocycles. The topological polar surface area (TPSA) is 69.7 Å². The Morgan fingerprint density at radius 2 is 2.00 bits per heavy atom. The SMILES string of the molecule is CC(C)C(=O)N1CC(N2C(=O)CNC2=O)C1. The summed E-state index contributed by atoms with van der Waals surface area (Å²) in [5.41, 5.74) is 0. The molecule has 2 rings (SSSR count). The lowest BCUT2D eigenvalue weighted by Crippen LogP contribution is -2.63. The van der Waals surface area contributed by atoms with Crippen molar-refractivity contribution < 1.29 is 14.4 Å². The molecule has 0 bridgehead atoms. The van der Waals surface area contributed by atoms with Gasteiger partial charge < -0.3 is 10.2 Å². The summed E-state index contributed by atoms with van der Waals surface area (Å²) >= 11 is 0. The molecule has 4 amide bonds. The minimum Gasteiger partial charge on any atom is -0.338 e. The molecule has 0 unspecified atom stereocenters. The Bertz CT molecular complexity index is 331. The van der Waals surface area contributed by atoms with Crippen LogP contribution in [-0.4, -0.2) is 53.3 Å². The fourth-order valence-corrected chi connectivity index (χ4v) is 1.97. The number of carbonyl (C=O) groups is 3. The molecule has 88 valence electrons. The van der Waals surface area contributed by atoms with E-state index in [2.05, 4.69) is 5.32 Å². The van der Waals surface area contributed by atoms with E-state index in [1.165, 1.54) is 4.90 Å². The van der Waals surface area contributed by atoms with Crippen molar-refractivity contribution in [2.24, 2.45) is 5.92 Å². The average molecular weight is 225 g/mol. The second-order valence-electron chi connectivity index (χ2n) is 4.47. The van der Waals surface area contributed by atoms with Crippen molar-refractivity contribution in [1.29, 1.82) is 0 Å². The van der Waals surface area contributed by atoms with Crippen LogP contribution in [0.3, 0.4) is 0 Å². The van der Waals surface area contributed by atoms with E-state index in [9.17, 15) is 14.4 Å². The van der Waals surface area contributed by atoms with E-state index >= 15 is 0 Å². The predicted octanol–water partition coefficient (Wildman–Crippen LogP) is -0.595. The van der Waals surface area contributed by atoms with Crippen LogP contribution in [0.2, 0.25) is 0 Å². The molecular weight excluding hydrogens is 210 g/mol. The van der Waals surface area contributed by atoms with Crippen LogP contribution in [0.15, 0.2) is 0 Å². The van der Waals surface area contributed by atoms with Crippen LogP contribution in [-0.2, 0) is 9.59 Å². The van der Waals surface area contributed by atoms with Crippen LogP contribution >= 0.6 is 0 Å². The Morgan fingerprint density at radius 3 is 2.44 bits per heavy atom. The number of urea groups is 1. The number of likely N-dealkylation sites (tertiary alicyclic amines) is 1. The molecule has 0 radical (unpaired) electrons. The zero-order valence-electron chi connectivity index (χ0n) is 9.40. The van der Waals surface area contributed by atoms with Crippen molar-refractivity contribution in [3.63, 3.8) is 0 Å². The van der Waals surface area contributed by atoms with Crippen LogP contribution in [0.25, 0.3) is 0 Å². The van der Waals surface area contributed by atoms with Gasteiger partial charge in [0, 0.05) is 19.0 Å². The molecule has 2 aliphatic rings. The molecule has 2 fully saturated rings. The third kappa shape index (κ3) is 1.64. The summed E-state index contributed by atoms with van der Waals surface area (Å²) in [5, 5.41) is 2.47. The summed E-state index contributed by atoms with van der Waals surface area (Å²) in [6.45, 7) is 4.69. The average Bonchev–Trinajstić information content (AvgIpc) is 2.46. The van der Waals surface area contributed by atoms with E-state index in [0.29, 0.717) is 13.1 Å². The van der Waals surface area contributed by atoms with E-state index in [1.807, 2.05) is 13.8 Å². The number of hydrogen-bond acceptors (Lipinski definition) is 3. The molecule has 2 saturated heterocycles. The molecule has 2 heterocycles. The fourth-order valence-electron chi connectivity index (χ4n) is 1.97. The van der Waals surface area contributed by atoms with Crippen LogP contribution in [0.4, 0.5) is 4.79 Å². The summed E-state index contributed by atoms with van der Waals surface area (Å²) < 4.78 is 0. The maximum atomic E-state index is 11.6. The molecule has 0 aromatic rings. The second kappa shape index (κ2) is 3.77. The van der Waals surface area contributed by atoms with Crippen LogP contribution < -0.4 is 5.32 Å². The van der Waals surface area contributed by atoms with E-state index < -0.39 is 0 Å². The molecule has 1 N–H and O–H groups in total. The molecule has 2 aliphatic heterocycles. The first-order chi connectivity index (χ1) is 7.50. The monoisotopic (exact) mass is 225 g/mol. The van der Waals surface area contributed by atoms with Gasteiger partial charge in [-0.1, -0.05) is 13.8 Å². The van der Waals surface area contributed by atoms with Gasteiger partial charge in [-0.25, -0.2) is 4.79 Å². The zero-order valence-corrected chi connectivity index (χ0v) is 9.40. The Balaban J connectivity index is 1.91. The van der Waals surface area contributed by atoms with Crippen LogP contribution in [0.1, 0.15) is 13.8 Å². The van der Waals surface area contributed by atoms with Crippen LogP contribution in [0, 0.1) is 5.92 Å². The van der Waals surface area contributed by atoms with Crippen molar-refractivity contribution in [2.45, 2.75) is 19.9 Å². The van der Waals surface area contributed by atoms with Gasteiger partial charge in [-0.2, -0.15) is 0 Å². The summed E-state index contributed by atoms with van der Waals surface area (Å²) in [6, 6.07) is -0.482. The molecule has 6 nitrogen and oxygen atoms in total. The lowest BCUT2D eigenvalue weighted by Gasteiger charge is -2.43. The van der Waals surface area contributed by atoms with Gasteiger partial charge >= 0.3 is 6.03 Å². The highest BCUT2D eigenvalue weighted by Gasteiger charge is 2.43. The standard InChI is InChI=1S/C10H15N3O3/c1-6(2)9(15)12-4-7(5-12)13-8(14)3-11-10(13)16/h6-7H,3-5H2,1-2H3,(H,11,16). The Kier molecular flexibility index (Phi) is 2.57. The molecule has 0 aliphatic carbocycles. The van der Waals surface area contributed by atoms with Crippen molar-refractivity contribution in [3.05, 3.63) is 0 Å². The third-order valence-electron chi connectivity index (χ3n) is 2.91. The number of rotatable bonds is 2. The minimum atomic E-state index is -0.341. The van der Waals surface area contributed by atoms with Crippen molar-refractivity contribution in [2.75, 3.05) is 19.6 Å². The van der Waals surface area contributed by atoms with Gasteiger partial charge in [0.15, 0.2) is 0 Å². The highest BCUT2D eigenvalue weighted by atomic mass is 16.2. The summed E-state index contributed by atoms with van der Waals surface area (Å²) in [5.74, 6) is -0.168. The molecule has 6 heteroatoms. The molecule has 0 aromatic carbocycles. The second-order valence-corrected chi connectivity index (χ2v) is 4.47. The lowest BCUT2D eigenvalue weighted by atomic mass is 10.0.